The summed E-state index contributed by atoms with van der Waals surface area (Å²) in [5.41, 5.74) is 3.64. The van der Waals surface area contributed by atoms with Gasteiger partial charge in [-0.25, -0.2) is 0 Å². The van der Waals surface area contributed by atoms with Crippen molar-refractivity contribution in [1.29, 1.82) is 0 Å². The topological polar surface area (TPSA) is 74.3 Å². The van der Waals surface area contributed by atoms with Crippen molar-refractivity contribution in [3.05, 3.63) is 75.6 Å². The molecule has 1 heterocycles. The van der Waals surface area contributed by atoms with Gasteiger partial charge >= 0.3 is 0 Å². The average Bonchev–Trinajstić information content (AvgIpc) is 2.62. The Labute approximate surface area is 152 Å². The molecule has 1 atom stereocenters. The zero-order valence-electron chi connectivity index (χ0n) is 15.1. The van der Waals surface area contributed by atoms with E-state index < -0.39 is 6.10 Å². The number of hydrogen-bond acceptors (Lipinski definition) is 4. The average molecular weight is 352 g/mol. The molecule has 3 aromatic rings. The van der Waals surface area contributed by atoms with E-state index in [4.69, 9.17) is 4.74 Å². The van der Waals surface area contributed by atoms with E-state index in [0.717, 1.165) is 27.8 Å². The molecule has 2 aromatic carbocycles. The van der Waals surface area contributed by atoms with E-state index in [1.165, 1.54) is 0 Å². The Morgan fingerprint density at radius 1 is 1.08 bits per heavy atom. The number of ether oxygens (including phenoxy) is 1. The first-order valence-corrected chi connectivity index (χ1v) is 8.72. The molecular formula is C21H24N2O3. The van der Waals surface area contributed by atoms with E-state index in [1.807, 2.05) is 62.4 Å². The van der Waals surface area contributed by atoms with Gasteiger partial charge in [0, 0.05) is 24.2 Å². The van der Waals surface area contributed by atoms with Gasteiger partial charge in [0.25, 0.3) is 5.56 Å². The summed E-state index contributed by atoms with van der Waals surface area (Å²) in [6, 6.07) is 15.5. The van der Waals surface area contributed by atoms with Crippen LogP contribution in [0.25, 0.3) is 10.9 Å². The van der Waals surface area contributed by atoms with Crippen molar-refractivity contribution in [2.24, 2.45) is 0 Å². The Morgan fingerprint density at radius 3 is 2.58 bits per heavy atom. The molecule has 0 aliphatic heterocycles. The fraction of sp³-hybridized carbons (Fsp3) is 0.286. The molecule has 0 saturated heterocycles. The van der Waals surface area contributed by atoms with Gasteiger partial charge in [-0.3, -0.25) is 4.79 Å². The minimum Gasteiger partial charge on any atom is -0.491 e. The first-order valence-electron chi connectivity index (χ1n) is 8.72. The molecule has 5 heteroatoms. The molecule has 0 spiro atoms. The summed E-state index contributed by atoms with van der Waals surface area (Å²) in [4.78, 5) is 15.1. The van der Waals surface area contributed by atoms with Gasteiger partial charge in [0.2, 0.25) is 0 Å². The maximum Gasteiger partial charge on any atom is 0.252 e. The van der Waals surface area contributed by atoms with Crippen LogP contribution in [0.4, 0.5) is 0 Å². The summed E-state index contributed by atoms with van der Waals surface area (Å²) >= 11 is 0. The van der Waals surface area contributed by atoms with Crippen molar-refractivity contribution in [2.75, 3.05) is 13.2 Å². The second kappa shape index (κ2) is 8.17. The number of H-pyrrole nitrogens is 1. The van der Waals surface area contributed by atoms with Crippen LogP contribution in [0.15, 0.2) is 53.3 Å². The van der Waals surface area contributed by atoms with Gasteiger partial charge in [0.05, 0.1) is 0 Å². The van der Waals surface area contributed by atoms with E-state index in [1.54, 1.807) is 0 Å². The van der Waals surface area contributed by atoms with Gasteiger partial charge in [0.15, 0.2) is 0 Å². The summed E-state index contributed by atoms with van der Waals surface area (Å²) in [5, 5.41) is 14.2. The largest absolute Gasteiger partial charge is 0.491 e. The third-order valence-corrected chi connectivity index (χ3v) is 4.24. The SMILES string of the molecule is Cc1ccc(OC[C@H](O)CNCc2cc3ccc(C)cc3[nH]c2=O)cc1. The number of aromatic amines is 1. The maximum absolute atomic E-state index is 12.2. The van der Waals surface area contributed by atoms with E-state index >= 15 is 0 Å². The van der Waals surface area contributed by atoms with Crippen LogP contribution in [0.1, 0.15) is 16.7 Å². The monoisotopic (exact) mass is 352 g/mol. The Kier molecular flexibility index (Phi) is 5.71. The molecule has 0 aliphatic carbocycles. The van der Waals surface area contributed by atoms with Crippen molar-refractivity contribution < 1.29 is 9.84 Å². The molecule has 0 bridgehead atoms. The van der Waals surface area contributed by atoms with Gasteiger partial charge in [-0.15, -0.1) is 0 Å². The minimum atomic E-state index is -0.654. The Morgan fingerprint density at radius 2 is 1.81 bits per heavy atom. The van der Waals surface area contributed by atoms with Crippen LogP contribution in [0, 0.1) is 13.8 Å². The Balaban J connectivity index is 1.51. The van der Waals surface area contributed by atoms with E-state index in [2.05, 4.69) is 10.3 Å². The highest BCUT2D eigenvalue weighted by molar-refractivity contribution is 5.79. The molecule has 0 amide bonds. The first kappa shape index (κ1) is 18.2. The van der Waals surface area contributed by atoms with Gasteiger partial charge < -0.3 is 20.1 Å². The highest BCUT2D eigenvalue weighted by Crippen LogP contribution is 2.13. The van der Waals surface area contributed by atoms with E-state index in [-0.39, 0.29) is 12.2 Å². The number of pyridine rings is 1. The van der Waals surface area contributed by atoms with E-state index in [0.29, 0.717) is 18.7 Å². The van der Waals surface area contributed by atoms with Crippen LogP contribution in [0.3, 0.4) is 0 Å². The quantitative estimate of drug-likeness (QED) is 0.611. The molecule has 0 aliphatic rings. The molecule has 3 N–H and O–H groups in total. The van der Waals surface area contributed by atoms with Crippen molar-refractivity contribution in [1.82, 2.24) is 10.3 Å². The lowest BCUT2D eigenvalue weighted by molar-refractivity contribution is 0.106. The molecule has 136 valence electrons. The van der Waals surface area contributed by atoms with Crippen molar-refractivity contribution >= 4 is 10.9 Å². The molecule has 0 radical (unpaired) electrons. The Hall–Kier alpha value is -2.63. The number of aromatic nitrogens is 1. The lowest BCUT2D eigenvalue weighted by Gasteiger charge is -2.13. The highest BCUT2D eigenvalue weighted by Gasteiger charge is 2.07. The van der Waals surface area contributed by atoms with Crippen LogP contribution in [-0.4, -0.2) is 29.3 Å². The van der Waals surface area contributed by atoms with Crippen LogP contribution in [0.5, 0.6) is 5.75 Å². The zero-order chi connectivity index (χ0) is 18.5. The number of aliphatic hydroxyl groups is 1. The smallest absolute Gasteiger partial charge is 0.252 e. The number of nitrogens with one attached hydrogen (secondary N) is 2. The molecule has 1 aromatic heterocycles. The third kappa shape index (κ3) is 4.71. The summed E-state index contributed by atoms with van der Waals surface area (Å²) in [5.74, 6) is 0.732. The number of aliphatic hydroxyl groups excluding tert-OH is 1. The fourth-order valence-corrected chi connectivity index (χ4v) is 2.75. The van der Waals surface area contributed by atoms with Crippen LogP contribution >= 0.6 is 0 Å². The molecular weight excluding hydrogens is 328 g/mol. The number of rotatable bonds is 7. The number of fused-ring (bicyclic) bond motifs is 1. The highest BCUT2D eigenvalue weighted by atomic mass is 16.5. The van der Waals surface area contributed by atoms with Crippen molar-refractivity contribution in [3.8, 4) is 5.75 Å². The lowest BCUT2D eigenvalue weighted by atomic mass is 10.1. The fourth-order valence-electron chi connectivity index (χ4n) is 2.75. The minimum absolute atomic E-state index is 0.110. The lowest BCUT2D eigenvalue weighted by Crippen LogP contribution is -2.32. The Bertz CT molecular complexity index is 932. The predicted octanol–water partition coefficient (Wildman–Crippen LogP) is 2.67. The van der Waals surface area contributed by atoms with Crippen molar-refractivity contribution in [2.45, 2.75) is 26.5 Å². The first-order chi connectivity index (χ1) is 12.5. The van der Waals surface area contributed by atoms with Crippen LogP contribution in [0.2, 0.25) is 0 Å². The normalized spacial score (nSPS) is 12.3. The number of hydrogen-bond donors (Lipinski definition) is 3. The number of benzene rings is 2. The van der Waals surface area contributed by atoms with Crippen LogP contribution in [-0.2, 0) is 6.54 Å². The zero-order valence-corrected chi connectivity index (χ0v) is 15.1. The van der Waals surface area contributed by atoms with E-state index in [9.17, 15) is 9.90 Å². The molecule has 0 unspecified atom stereocenters. The maximum atomic E-state index is 12.2. The standard InChI is InChI=1S/C21H24N2O3/c1-14-4-7-19(8-5-14)26-13-18(24)12-22-11-17-10-16-6-3-15(2)9-20(16)23-21(17)25/h3-10,18,22,24H,11-13H2,1-2H3,(H,23,25)/t18-/m1/s1. The third-order valence-electron chi connectivity index (χ3n) is 4.24. The second-order valence-corrected chi connectivity index (χ2v) is 6.62. The van der Waals surface area contributed by atoms with Gasteiger partial charge in [-0.2, -0.15) is 0 Å². The van der Waals surface area contributed by atoms with Crippen molar-refractivity contribution in [3.63, 3.8) is 0 Å². The summed E-state index contributed by atoms with van der Waals surface area (Å²) in [7, 11) is 0. The predicted molar refractivity (Wildman–Crippen MR) is 104 cm³/mol. The van der Waals surface area contributed by atoms with Gasteiger partial charge in [-0.1, -0.05) is 29.8 Å². The second-order valence-electron chi connectivity index (χ2n) is 6.62. The molecule has 3 rings (SSSR count). The molecule has 5 nitrogen and oxygen atoms in total. The van der Waals surface area contributed by atoms with Gasteiger partial charge in [0.1, 0.15) is 18.5 Å². The number of aryl methyl sites for hydroxylation is 2. The molecule has 0 fully saturated rings. The van der Waals surface area contributed by atoms with Gasteiger partial charge in [-0.05, 0) is 49.1 Å². The summed E-state index contributed by atoms with van der Waals surface area (Å²) < 4.78 is 5.56. The molecule has 26 heavy (non-hydrogen) atoms. The molecule has 0 saturated carbocycles. The summed E-state index contributed by atoms with van der Waals surface area (Å²) in [6.45, 7) is 4.94. The summed E-state index contributed by atoms with van der Waals surface area (Å²) in [6.07, 6.45) is -0.654. The van der Waals surface area contributed by atoms with Crippen LogP contribution < -0.4 is 15.6 Å².